The Hall–Kier alpha value is -2.44. The summed E-state index contributed by atoms with van der Waals surface area (Å²) in [6.07, 6.45) is 2.14. The Morgan fingerprint density at radius 1 is 1.26 bits per heavy atom. The molecule has 1 heterocycles. The molecule has 7 heteroatoms. The van der Waals surface area contributed by atoms with Crippen molar-refractivity contribution in [3.8, 4) is 0 Å². The second-order valence-electron chi connectivity index (χ2n) is 7.13. The van der Waals surface area contributed by atoms with Gasteiger partial charge in [-0.15, -0.1) is 0 Å². The number of hydrogen-bond acceptors (Lipinski definition) is 3. The van der Waals surface area contributed by atoms with Crippen LogP contribution in [-0.2, 0) is 14.4 Å². The van der Waals surface area contributed by atoms with E-state index in [0.717, 1.165) is 0 Å². The SMILES string of the molecule is CC(=O)N(CC(=O)O)[C@@H]1CCCN(C(=O)C[C@@H](C)c2ccccc2F)CC1. The highest BCUT2D eigenvalue weighted by Gasteiger charge is 2.28. The fourth-order valence-corrected chi connectivity index (χ4v) is 3.66. The fraction of sp³-hybridized carbons (Fsp3) is 0.550. The average molecular weight is 378 g/mol. The third kappa shape index (κ3) is 5.77. The van der Waals surface area contributed by atoms with Gasteiger partial charge < -0.3 is 14.9 Å². The van der Waals surface area contributed by atoms with E-state index in [1.807, 2.05) is 6.92 Å². The van der Waals surface area contributed by atoms with Crippen LogP contribution in [0, 0.1) is 5.82 Å². The highest BCUT2D eigenvalue weighted by atomic mass is 19.1. The number of hydrogen-bond donors (Lipinski definition) is 1. The molecule has 1 aromatic carbocycles. The Morgan fingerprint density at radius 3 is 2.59 bits per heavy atom. The Bertz CT molecular complexity index is 694. The number of carboxylic acid groups (broad SMARTS) is 1. The van der Waals surface area contributed by atoms with Crippen molar-refractivity contribution in [3.63, 3.8) is 0 Å². The number of rotatable bonds is 6. The number of aliphatic carboxylic acids is 1. The predicted molar refractivity (Wildman–Crippen MR) is 98.7 cm³/mol. The molecule has 1 aliphatic rings. The zero-order valence-electron chi connectivity index (χ0n) is 15.9. The van der Waals surface area contributed by atoms with Crippen molar-refractivity contribution in [2.45, 2.75) is 51.5 Å². The number of benzene rings is 1. The van der Waals surface area contributed by atoms with E-state index < -0.39 is 5.97 Å². The van der Waals surface area contributed by atoms with Crippen molar-refractivity contribution in [2.24, 2.45) is 0 Å². The normalized spacial score (nSPS) is 18.5. The molecule has 0 unspecified atom stereocenters. The molecule has 0 aromatic heterocycles. The monoisotopic (exact) mass is 378 g/mol. The van der Waals surface area contributed by atoms with E-state index in [-0.39, 0.29) is 42.6 Å². The first-order valence-corrected chi connectivity index (χ1v) is 9.30. The van der Waals surface area contributed by atoms with Gasteiger partial charge in [-0.2, -0.15) is 0 Å². The smallest absolute Gasteiger partial charge is 0.323 e. The molecule has 2 amide bonds. The lowest BCUT2D eigenvalue weighted by atomic mass is 9.96. The molecule has 0 aliphatic carbocycles. The van der Waals surface area contributed by atoms with E-state index in [2.05, 4.69) is 0 Å². The minimum Gasteiger partial charge on any atom is -0.480 e. The largest absolute Gasteiger partial charge is 0.480 e. The topological polar surface area (TPSA) is 77.9 Å². The standard InChI is InChI=1S/C20H27FN2O4/c1-14(17-7-3-4-8-18(17)21)12-19(25)22-10-5-6-16(9-11-22)23(15(2)24)13-20(26)27/h3-4,7-8,14,16H,5-6,9-13H2,1-2H3,(H,26,27)/t14-,16-/m1/s1. The highest BCUT2D eigenvalue weighted by Crippen LogP contribution is 2.24. The van der Waals surface area contributed by atoms with E-state index in [4.69, 9.17) is 5.11 Å². The molecule has 0 radical (unpaired) electrons. The van der Waals surface area contributed by atoms with Gasteiger partial charge in [-0.3, -0.25) is 14.4 Å². The number of likely N-dealkylation sites (tertiary alicyclic amines) is 1. The van der Waals surface area contributed by atoms with E-state index in [0.29, 0.717) is 37.9 Å². The highest BCUT2D eigenvalue weighted by molar-refractivity contribution is 5.80. The van der Waals surface area contributed by atoms with Gasteiger partial charge in [0.2, 0.25) is 11.8 Å². The Labute approximate surface area is 158 Å². The number of carbonyl (C=O) groups is 3. The molecule has 1 aliphatic heterocycles. The molecule has 6 nitrogen and oxygen atoms in total. The van der Waals surface area contributed by atoms with Crippen LogP contribution in [0.4, 0.5) is 4.39 Å². The molecule has 2 rings (SSSR count). The number of carbonyl (C=O) groups excluding carboxylic acids is 2. The zero-order chi connectivity index (χ0) is 20.0. The van der Waals surface area contributed by atoms with Crippen LogP contribution in [0.2, 0.25) is 0 Å². The fourth-order valence-electron chi connectivity index (χ4n) is 3.66. The quantitative estimate of drug-likeness (QED) is 0.825. The van der Waals surface area contributed by atoms with Crippen LogP contribution in [0.3, 0.4) is 0 Å². The third-order valence-corrected chi connectivity index (χ3v) is 5.12. The van der Waals surface area contributed by atoms with Gasteiger partial charge in [0.15, 0.2) is 0 Å². The molecule has 1 saturated heterocycles. The van der Waals surface area contributed by atoms with Gasteiger partial charge in [-0.05, 0) is 36.8 Å². The predicted octanol–water partition coefficient (Wildman–Crippen LogP) is 2.63. The van der Waals surface area contributed by atoms with Crippen LogP contribution in [-0.4, -0.2) is 58.4 Å². The minimum absolute atomic E-state index is 0.0426. The summed E-state index contributed by atoms with van der Waals surface area (Å²) in [6.45, 7) is 3.92. The first-order chi connectivity index (χ1) is 12.8. The zero-order valence-corrected chi connectivity index (χ0v) is 15.9. The molecule has 1 aromatic rings. The van der Waals surface area contributed by atoms with Crippen molar-refractivity contribution >= 4 is 17.8 Å². The molecule has 0 bridgehead atoms. The van der Waals surface area contributed by atoms with E-state index in [1.54, 1.807) is 23.1 Å². The summed E-state index contributed by atoms with van der Waals surface area (Å²) in [4.78, 5) is 38.6. The van der Waals surface area contributed by atoms with Gasteiger partial charge in [0.1, 0.15) is 12.4 Å². The molecular formula is C20H27FN2O4. The first-order valence-electron chi connectivity index (χ1n) is 9.30. The second kappa shape index (κ2) is 9.48. The maximum Gasteiger partial charge on any atom is 0.323 e. The van der Waals surface area contributed by atoms with Crippen LogP contribution in [0.15, 0.2) is 24.3 Å². The molecule has 0 spiro atoms. The van der Waals surface area contributed by atoms with E-state index >= 15 is 0 Å². The lowest BCUT2D eigenvalue weighted by Crippen LogP contribution is -2.43. The van der Waals surface area contributed by atoms with Crippen molar-refractivity contribution in [3.05, 3.63) is 35.6 Å². The van der Waals surface area contributed by atoms with Crippen molar-refractivity contribution in [2.75, 3.05) is 19.6 Å². The Kier molecular flexibility index (Phi) is 7.33. The summed E-state index contributed by atoms with van der Waals surface area (Å²) in [5.74, 6) is -1.88. The summed E-state index contributed by atoms with van der Waals surface area (Å²) in [5.41, 5.74) is 0.530. The maximum atomic E-state index is 13.9. The van der Waals surface area contributed by atoms with Gasteiger partial charge in [0.25, 0.3) is 0 Å². The summed E-state index contributed by atoms with van der Waals surface area (Å²) in [6, 6.07) is 6.29. The molecule has 2 atom stereocenters. The van der Waals surface area contributed by atoms with Crippen LogP contribution in [0.5, 0.6) is 0 Å². The summed E-state index contributed by atoms with van der Waals surface area (Å²) >= 11 is 0. The summed E-state index contributed by atoms with van der Waals surface area (Å²) < 4.78 is 13.9. The van der Waals surface area contributed by atoms with Crippen LogP contribution >= 0.6 is 0 Å². The van der Waals surface area contributed by atoms with Gasteiger partial charge in [0, 0.05) is 32.5 Å². The number of carboxylic acids is 1. The summed E-state index contributed by atoms with van der Waals surface area (Å²) in [5, 5.41) is 9.01. The number of amides is 2. The van der Waals surface area contributed by atoms with E-state index in [9.17, 15) is 18.8 Å². The Balaban J connectivity index is 1.96. The van der Waals surface area contributed by atoms with Crippen LogP contribution in [0.25, 0.3) is 0 Å². The van der Waals surface area contributed by atoms with Gasteiger partial charge >= 0.3 is 5.97 Å². The maximum absolute atomic E-state index is 13.9. The molecule has 148 valence electrons. The molecule has 0 saturated carbocycles. The average Bonchev–Trinajstić information content (AvgIpc) is 2.85. The van der Waals surface area contributed by atoms with Gasteiger partial charge in [-0.1, -0.05) is 25.1 Å². The van der Waals surface area contributed by atoms with Gasteiger partial charge in [-0.25, -0.2) is 4.39 Å². The molecule has 27 heavy (non-hydrogen) atoms. The number of nitrogens with zero attached hydrogens (tertiary/aromatic N) is 2. The first kappa shape index (κ1) is 20.9. The van der Waals surface area contributed by atoms with Crippen LogP contribution < -0.4 is 0 Å². The van der Waals surface area contributed by atoms with Crippen molar-refractivity contribution < 1.29 is 23.9 Å². The van der Waals surface area contributed by atoms with E-state index in [1.165, 1.54) is 17.9 Å². The minimum atomic E-state index is -1.04. The number of halogens is 1. The van der Waals surface area contributed by atoms with Crippen molar-refractivity contribution in [1.29, 1.82) is 0 Å². The summed E-state index contributed by atoms with van der Waals surface area (Å²) in [7, 11) is 0. The van der Waals surface area contributed by atoms with Crippen LogP contribution in [0.1, 0.15) is 51.0 Å². The molecular weight excluding hydrogens is 351 g/mol. The lowest BCUT2D eigenvalue weighted by Gasteiger charge is -2.29. The lowest BCUT2D eigenvalue weighted by molar-refractivity contribution is -0.145. The molecule has 1 N–H and O–H groups in total. The third-order valence-electron chi connectivity index (χ3n) is 5.12. The van der Waals surface area contributed by atoms with Gasteiger partial charge in [0.05, 0.1) is 0 Å². The molecule has 1 fully saturated rings. The Morgan fingerprint density at radius 2 is 1.96 bits per heavy atom. The second-order valence-corrected chi connectivity index (χ2v) is 7.13. The van der Waals surface area contributed by atoms with Crippen molar-refractivity contribution in [1.82, 2.24) is 9.80 Å².